The van der Waals surface area contributed by atoms with Gasteiger partial charge in [0.15, 0.2) is 0 Å². The van der Waals surface area contributed by atoms with Crippen molar-refractivity contribution >= 4 is 5.91 Å². The average molecular weight is 449 g/mol. The SMILES string of the molecule is NC(=O)c1ccc(-c2cc(-c3nn[nH]n3)ccc2C#Cc2ccc(O)cc2C(F)(F)F)cc1. The number of phenolic OH excluding ortho intramolecular Hbond substituents is 1. The number of tetrazole rings is 1. The highest BCUT2D eigenvalue weighted by atomic mass is 19.4. The molecule has 33 heavy (non-hydrogen) atoms. The third-order valence-corrected chi connectivity index (χ3v) is 4.74. The summed E-state index contributed by atoms with van der Waals surface area (Å²) >= 11 is 0. The Kier molecular flexibility index (Phi) is 5.54. The fraction of sp³-hybridized carbons (Fsp3) is 0.0435. The quantitative estimate of drug-likeness (QED) is 0.412. The summed E-state index contributed by atoms with van der Waals surface area (Å²) in [6.07, 6.45) is -4.68. The zero-order valence-electron chi connectivity index (χ0n) is 16.7. The number of amides is 1. The first-order chi connectivity index (χ1) is 15.7. The number of alkyl halides is 3. The Morgan fingerprint density at radius 3 is 2.24 bits per heavy atom. The first kappa shape index (κ1) is 21.6. The van der Waals surface area contributed by atoms with Crippen LogP contribution in [0.3, 0.4) is 0 Å². The summed E-state index contributed by atoms with van der Waals surface area (Å²) in [5.41, 5.74) is 6.54. The van der Waals surface area contributed by atoms with Crippen molar-refractivity contribution in [3.63, 3.8) is 0 Å². The molecule has 0 aliphatic heterocycles. The molecule has 0 fully saturated rings. The van der Waals surface area contributed by atoms with Crippen molar-refractivity contribution in [3.8, 4) is 40.1 Å². The molecule has 0 saturated carbocycles. The van der Waals surface area contributed by atoms with Gasteiger partial charge in [0.1, 0.15) is 5.75 Å². The minimum absolute atomic E-state index is 0.280. The molecule has 0 saturated heterocycles. The smallest absolute Gasteiger partial charge is 0.417 e. The highest BCUT2D eigenvalue weighted by molar-refractivity contribution is 5.93. The zero-order valence-corrected chi connectivity index (χ0v) is 16.7. The van der Waals surface area contributed by atoms with Gasteiger partial charge < -0.3 is 10.8 Å². The molecule has 1 heterocycles. The molecule has 3 aromatic carbocycles. The van der Waals surface area contributed by atoms with Crippen LogP contribution in [0, 0.1) is 11.8 Å². The van der Waals surface area contributed by atoms with E-state index in [1.807, 2.05) is 0 Å². The van der Waals surface area contributed by atoms with Gasteiger partial charge in [0.25, 0.3) is 0 Å². The van der Waals surface area contributed by atoms with Crippen LogP contribution in [0.4, 0.5) is 13.2 Å². The zero-order chi connectivity index (χ0) is 23.6. The van der Waals surface area contributed by atoms with Crippen molar-refractivity contribution in [1.29, 1.82) is 0 Å². The average Bonchev–Trinajstić information content (AvgIpc) is 3.32. The maximum atomic E-state index is 13.4. The number of hydrogen-bond donors (Lipinski definition) is 3. The van der Waals surface area contributed by atoms with Crippen LogP contribution in [0.1, 0.15) is 27.0 Å². The summed E-state index contributed by atoms with van der Waals surface area (Å²) in [5.74, 6) is 4.56. The van der Waals surface area contributed by atoms with Gasteiger partial charge in [-0.05, 0) is 64.9 Å². The second-order valence-electron chi connectivity index (χ2n) is 6.92. The molecule has 4 N–H and O–H groups in total. The van der Waals surface area contributed by atoms with Crippen LogP contribution in [-0.2, 0) is 6.18 Å². The molecule has 4 rings (SSSR count). The lowest BCUT2D eigenvalue weighted by Crippen LogP contribution is -2.10. The molecule has 4 aromatic rings. The number of rotatable bonds is 3. The Balaban J connectivity index is 1.84. The Hall–Kier alpha value is -4.65. The van der Waals surface area contributed by atoms with Crippen molar-refractivity contribution in [2.24, 2.45) is 5.73 Å². The summed E-state index contributed by atoms with van der Waals surface area (Å²) in [7, 11) is 0. The van der Waals surface area contributed by atoms with Gasteiger partial charge in [-0.15, -0.1) is 10.2 Å². The van der Waals surface area contributed by atoms with Gasteiger partial charge >= 0.3 is 6.18 Å². The van der Waals surface area contributed by atoms with E-state index in [2.05, 4.69) is 32.5 Å². The van der Waals surface area contributed by atoms with E-state index < -0.39 is 23.4 Å². The van der Waals surface area contributed by atoms with Crippen LogP contribution in [-0.4, -0.2) is 31.6 Å². The first-order valence-electron chi connectivity index (χ1n) is 9.43. The molecule has 164 valence electrons. The van der Waals surface area contributed by atoms with Gasteiger partial charge in [-0.1, -0.05) is 24.0 Å². The van der Waals surface area contributed by atoms with Gasteiger partial charge in [-0.3, -0.25) is 4.79 Å². The fourth-order valence-electron chi connectivity index (χ4n) is 3.14. The van der Waals surface area contributed by atoms with E-state index >= 15 is 0 Å². The molecule has 1 aromatic heterocycles. The lowest BCUT2D eigenvalue weighted by Gasteiger charge is -2.10. The van der Waals surface area contributed by atoms with E-state index in [-0.39, 0.29) is 5.56 Å². The van der Waals surface area contributed by atoms with Gasteiger partial charge in [0.05, 0.1) is 5.56 Å². The number of nitrogens with two attached hydrogens (primary N) is 1. The van der Waals surface area contributed by atoms with Crippen molar-refractivity contribution in [3.05, 3.63) is 82.9 Å². The van der Waals surface area contributed by atoms with E-state index in [4.69, 9.17) is 5.73 Å². The van der Waals surface area contributed by atoms with E-state index in [0.29, 0.717) is 39.7 Å². The first-order valence-corrected chi connectivity index (χ1v) is 9.43. The molecule has 0 aliphatic carbocycles. The Morgan fingerprint density at radius 2 is 1.61 bits per heavy atom. The van der Waals surface area contributed by atoms with Crippen LogP contribution < -0.4 is 5.73 Å². The number of aromatic hydroxyl groups is 1. The number of carbonyl (C=O) groups is 1. The van der Waals surface area contributed by atoms with Gasteiger partial charge in [0, 0.05) is 22.3 Å². The van der Waals surface area contributed by atoms with Crippen molar-refractivity contribution in [2.45, 2.75) is 6.18 Å². The van der Waals surface area contributed by atoms with E-state index in [0.717, 1.165) is 12.1 Å². The number of primary amides is 1. The normalized spacial score (nSPS) is 11.0. The number of phenols is 1. The number of halogens is 3. The molecule has 0 spiro atoms. The minimum Gasteiger partial charge on any atom is -0.508 e. The number of aromatic nitrogens is 4. The molecular formula is C23H14F3N5O2. The number of carbonyl (C=O) groups excluding carboxylic acids is 1. The van der Waals surface area contributed by atoms with Crippen LogP contribution >= 0.6 is 0 Å². The van der Waals surface area contributed by atoms with Crippen molar-refractivity contribution in [1.82, 2.24) is 20.6 Å². The number of H-pyrrole nitrogens is 1. The summed E-state index contributed by atoms with van der Waals surface area (Å²) < 4.78 is 40.1. The number of hydrogen-bond acceptors (Lipinski definition) is 5. The van der Waals surface area contributed by atoms with Crippen LogP contribution in [0.5, 0.6) is 5.75 Å². The molecule has 0 bridgehead atoms. The Morgan fingerprint density at radius 1 is 0.939 bits per heavy atom. The maximum Gasteiger partial charge on any atom is 0.417 e. The van der Waals surface area contributed by atoms with E-state index in [1.165, 1.54) is 12.1 Å². The van der Waals surface area contributed by atoms with Gasteiger partial charge in [-0.2, -0.15) is 18.4 Å². The van der Waals surface area contributed by atoms with Crippen molar-refractivity contribution < 1.29 is 23.1 Å². The molecule has 10 heteroatoms. The fourth-order valence-corrected chi connectivity index (χ4v) is 3.14. The molecular weight excluding hydrogens is 435 g/mol. The maximum absolute atomic E-state index is 13.4. The summed E-state index contributed by atoms with van der Waals surface area (Å²) in [4.78, 5) is 11.4. The molecule has 1 amide bonds. The number of benzene rings is 3. The number of aromatic amines is 1. The Bertz CT molecular complexity index is 1390. The summed E-state index contributed by atoms with van der Waals surface area (Å²) in [5, 5.41) is 23.2. The lowest BCUT2D eigenvalue weighted by molar-refractivity contribution is -0.137. The molecule has 0 unspecified atom stereocenters. The summed E-state index contributed by atoms with van der Waals surface area (Å²) in [6.45, 7) is 0. The molecule has 0 aliphatic rings. The minimum atomic E-state index is -4.68. The second kappa shape index (κ2) is 8.47. The highest BCUT2D eigenvalue weighted by Crippen LogP contribution is 2.34. The molecule has 0 atom stereocenters. The van der Waals surface area contributed by atoms with E-state index in [1.54, 1.807) is 30.3 Å². The third-order valence-electron chi connectivity index (χ3n) is 4.74. The Labute approximate surface area is 185 Å². The predicted molar refractivity (Wildman–Crippen MR) is 113 cm³/mol. The molecule has 0 radical (unpaired) electrons. The largest absolute Gasteiger partial charge is 0.508 e. The number of nitrogens with one attached hydrogen (secondary N) is 1. The topological polar surface area (TPSA) is 118 Å². The van der Waals surface area contributed by atoms with Crippen LogP contribution in [0.15, 0.2) is 60.7 Å². The lowest BCUT2D eigenvalue weighted by atomic mass is 9.96. The van der Waals surface area contributed by atoms with Gasteiger partial charge in [-0.25, -0.2) is 0 Å². The number of nitrogens with zero attached hydrogens (tertiary/aromatic N) is 3. The predicted octanol–water partition coefficient (Wildman–Crippen LogP) is 3.76. The van der Waals surface area contributed by atoms with Crippen molar-refractivity contribution in [2.75, 3.05) is 0 Å². The van der Waals surface area contributed by atoms with Crippen LogP contribution in [0.2, 0.25) is 0 Å². The summed E-state index contributed by atoms with van der Waals surface area (Å²) in [6, 6.07) is 14.3. The van der Waals surface area contributed by atoms with Crippen LogP contribution in [0.25, 0.3) is 22.5 Å². The molecule has 7 nitrogen and oxygen atoms in total. The standard InChI is InChI=1S/C23H14F3N5O2/c24-23(25,26)20-12-18(32)10-9-15(20)5-1-13-4-8-17(22-28-30-31-29-22)11-19(13)14-2-6-16(7-3-14)21(27)33/h2-4,6-12,32H,(H2,27,33)(H,28,29,30,31). The monoisotopic (exact) mass is 449 g/mol. The third kappa shape index (κ3) is 4.67. The second-order valence-corrected chi connectivity index (χ2v) is 6.92. The van der Waals surface area contributed by atoms with E-state index in [9.17, 15) is 23.1 Å². The highest BCUT2D eigenvalue weighted by Gasteiger charge is 2.33. The van der Waals surface area contributed by atoms with Gasteiger partial charge in [0.2, 0.25) is 11.7 Å².